The van der Waals surface area contributed by atoms with Gasteiger partial charge in [-0.15, -0.1) is 0 Å². The van der Waals surface area contributed by atoms with Crippen LogP contribution in [-0.4, -0.2) is 0 Å². The van der Waals surface area contributed by atoms with Gasteiger partial charge in [0.25, 0.3) is 0 Å². The van der Waals surface area contributed by atoms with Crippen molar-refractivity contribution in [2.75, 3.05) is 0 Å². The summed E-state index contributed by atoms with van der Waals surface area (Å²) in [6.07, 6.45) is 0.935. The Morgan fingerprint density at radius 3 is 1.67 bits per heavy atom. The van der Waals surface area contributed by atoms with Gasteiger partial charge in [0.2, 0.25) is 0 Å². The van der Waals surface area contributed by atoms with E-state index in [0.717, 1.165) is 6.42 Å². The Morgan fingerprint density at radius 2 is 1.67 bits per heavy atom. The van der Waals surface area contributed by atoms with E-state index in [2.05, 4.69) is 47.6 Å². The fourth-order valence-electron chi connectivity index (χ4n) is 2.18. The molecule has 0 bridgehead atoms. The van der Waals surface area contributed by atoms with Crippen molar-refractivity contribution in [2.24, 2.45) is 16.7 Å². The first-order valence-electron chi connectivity index (χ1n) is 4.73. The summed E-state index contributed by atoms with van der Waals surface area (Å²) in [5.74, 6) is 0.424. The van der Waals surface area contributed by atoms with Crippen LogP contribution in [0.15, 0.2) is 0 Å². The molecule has 0 radical (unpaired) electrons. The lowest BCUT2D eigenvalue weighted by atomic mass is 9.60. The first-order chi connectivity index (χ1) is 5.31. The van der Waals surface area contributed by atoms with E-state index in [4.69, 9.17) is 0 Å². The molecule has 0 aliphatic carbocycles. The summed E-state index contributed by atoms with van der Waals surface area (Å²) < 4.78 is 0. The van der Waals surface area contributed by atoms with Crippen molar-refractivity contribution in [2.45, 2.75) is 48.0 Å². The summed E-state index contributed by atoms with van der Waals surface area (Å²) in [6.45, 7) is 12.8. The largest absolute Gasteiger partial charge is 0.198 e. The Hall–Kier alpha value is -0.510. The Labute approximate surface area is 76.8 Å². The molecule has 0 amide bonds. The molecule has 0 fully saturated rings. The van der Waals surface area contributed by atoms with E-state index >= 15 is 0 Å². The molecule has 0 saturated heterocycles. The van der Waals surface area contributed by atoms with Gasteiger partial charge in [-0.3, -0.25) is 0 Å². The number of hydrogen-bond donors (Lipinski definition) is 0. The zero-order chi connectivity index (χ0) is 9.99. The third kappa shape index (κ3) is 1.63. The molecule has 12 heavy (non-hydrogen) atoms. The third-order valence-electron chi connectivity index (χ3n) is 3.08. The van der Waals surface area contributed by atoms with Crippen molar-refractivity contribution in [1.82, 2.24) is 0 Å². The predicted octanol–water partition coefficient (Wildman–Crippen LogP) is 3.61. The van der Waals surface area contributed by atoms with Gasteiger partial charge in [0.1, 0.15) is 0 Å². The maximum atomic E-state index is 9.23. The normalized spacial score (nSPS) is 17.2. The lowest BCUT2D eigenvalue weighted by Gasteiger charge is -2.41. The van der Waals surface area contributed by atoms with Crippen LogP contribution < -0.4 is 0 Å². The van der Waals surface area contributed by atoms with Crippen LogP contribution in [0.2, 0.25) is 0 Å². The second-order valence-corrected chi connectivity index (χ2v) is 4.84. The smallest absolute Gasteiger partial charge is 0.0697 e. The Kier molecular flexibility index (Phi) is 3.33. The number of nitriles is 1. The molecular formula is C11H21N. The maximum Gasteiger partial charge on any atom is 0.0697 e. The molecule has 0 aromatic rings. The van der Waals surface area contributed by atoms with Gasteiger partial charge in [-0.2, -0.15) is 5.26 Å². The molecule has 1 nitrogen and oxygen atoms in total. The molecule has 0 aliphatic heterocycles. The number of nitrogens with zero attached hydrogens (tertiary/aromatic N) is 1. The molecule has 0 N–H and O–H groups in total. The molecule has 0 spiro atoms. The minimum absolute atomic E-state index is 0.0741. The molecule has 70 valence electrons. The monoisotopic (exact) mass is 167 g/mol. The molecule has 0 aromatic heterocycles. The molecule has 0 aliphatic rings. The van der Waals surface area contributed by atoms with Crippen LogP contribution in [0.25, 0.3) is 0 Å². The highest BCUT2D eigenvalue weighted by atomic mass is 14.5. The summed E-state index contributed by atoms with van der Waals surface area (Å²) in [7, 11) is 0. The zero-order valence-electron chi connectivity index (χ0n) is 9.23. The molecular weight excluding hydrogens is 146 g/mol. The lowest BCUT2D eigenvalue weighted by Crippen LogP contribution is -2.38. The Balaban J connectivity index is 5.01. The van der Waals surface area contributed by atoms with Crippen molar-refractivity contribution in [3.63, 3.8) is 0 Å². The Morgan fingerprint density at radius 1 is 1.25 bits per heavy atom. The predicted molar refractivity (Wildman–Crippen MR) is 52.6 cm³/mol. The van der Waals surface area contributed by atoms with Crippen LogP contribution in [0.1, 0.15) is 48.0 Å². The highest BCUT2D eigenvalue weighted by Crippen LogP contribution is 2.46. The summed E-state index contributed by atoms with van der Waals surface area (Å²) in [4.78, 5) is 0. The average Bonchev–Trinajstić information content (AvgIpc) is 1.87. The minimum atomic E-state index is -0.174. The summed E-state index contributed by atoms with van der Waals surface area (Å²) in [5.41, 5.74) is -0.0995. The SMILES string of the molecule is CCC(C#N)(C(C)C)C(C)(C)C. The van der Waals surface area contributed by atoms with Crippen LogP contribution in [0, 0.1) is 28.1 Å². The standard InChI is InChI=1S/C11H21N/c1-7-11(8-12,9(2)3)10(4,5)6/h9H,7H2,1-6H3. The van der Waals surface area contributed by atoms with Gasteiger partial charge in [-0.1, -0.05) is 41.5 Å². The second kappa shape index (κ2) is 3.47. The third-order valence-corrected chi connectivity index (χ3v) is 3.08. The maximum absolute atomic E-state index is 9.23. The number of hydrogen-bond acceptors (Lipinski definition) is 1. The van der Waals surface area contributed by atoms with Gasteiger partial charge in [-0.05, 0) is 17.8 Å². The van der Waals surface area contributed by atoms with E-state index in [1.807, 2.05) is 0 Å². The second-order valence-electron chi connectivity index (χ2n) is 4.84. The fraction of sp³-hybridized carbons (Fsp3) is 0.909. The van der Waals surface area contributed by atoms with Gasteiger partial charge < -0.3 is 0 Å². The van der Waals surface area contributed by atoms with Crippen LogP contribution in [0.3, 0.4) is 0 Å². The first kappa shape index (κ1) is 11.5. The van der Waals surface area contributed by atoms with Crippen LogP contribution in [-0.2, 0) is 0 Å². The van der Waals surface area contributed by atoms with Crippen molar-refractivity contribution in [1.29, 1.82) is 5.26 Å². The van der Waals surface area contributed by atoms with Crippen LogP contribution in [0.5, 0.6) is 0 Å². The van der Waals surface area contributed by atoms with Crippen LogP contribution >= 0.6 is 0 Å². The van der Waals surface area contributed by atoms with Gasteiger partial charge in [0.15, 0.2) is 0 Å². The summed E-state index contributed by atoms with van der Waals surface area (Å²) in [6, 6.07) is 2.50. The van der Waals surface area contributed by atoms with E-state index in [1.54, 1.807) is 0 Å². The topological polar surface area (TPSA) is 23.8 Å². The molecule has 0 aromatic carbocycles. The van der Waals surface area contributed by atoms with Gasteiger partial charge >= 0.3 is 0 Å². The Bertz CT molecular complexity index is 180. The highest BCUT2D eigenvalue weighted by molar-refractivity contribution is 5.06. The molecule has 1 unspecified atom stereocenters. The zero-order valence-corrected chi connectivity index (χ0v) is 9.23. The summed E-state index contributed by atoms with van der Waals surface area (Å²) in [5, 5.41) is 9.23. The van der Waals surface area contributed by atoms with Crippen LogP contribution in [0.4, 0.5) is 0 Å². The quantitative estimate of drug-likeness (QED) is 0.616. The highest BCUT2D eigenvalue weighted by Gasteiger charge is 2.43. The first-order valence-corrected chi connectivity index (χ1v) is 4.73. The van der Waals surface area contributed by atoms with Crippen molar-refractivity contribution in [3.8, 4) is 6.07 Å². The van der Waals surface area contributed by atoms with E-state index in [0.29, 0.717) is 5.92 Å². The van der Waals surface area contributed by atoms with Gasteiger partial charge in [-0.25, -0.2) is 0 Å². The van der Waals surface area contributed by atoms with Crippen molar-refractivity contribution < 1.29 is 0 Å². The van der Waals surface area contributed by atoms with E-state index < -0.39 is 0 Å². The van der Waals surface area contributed by atoms with E-state index in [-0.39, 0.29) is 10.8 Å². The van der Waals surface area contributed by atoms with Gasteiger partial charge in [0, 0.05) is 0 Å². The minimum Gasteiger partial charge on any atom is -0.198 e. The molecule has 1 heteroatoms. The molecule has 0 rings (SSSR count). The van der Waals surface area contributed by atoms with Crippen molar-refractivity contribution in [3.05, 3.63) is 0 Å². The lowest BCUT2D eigenvalue weighted by molar-refractivity contribution is 0.0899. The van der Waals surface area contributed by atoms with Gasteiger partial charge in [0.05, 0.1) is 11.5 Å². The van der Waals surface area contributed by atoms with E-state index in [1.165, 1.54) is 0 Å². The fourth-order valence-corrected chi connectivity index (χ4v) is 2.18. The molecule has 1 atom stereocenters. The average molecular weight is 167 g/mol. The van der Waals surface area contributed by atoms with E-state index in [9.17, 15) is 5.26 Å². The summed E-state index contributed by atoms with van der Waals surface area (Å²) >= 11 is 0. The molecule has 0 saturated carbocycles. The number of rotatable bonds is 2. The van der Waals surface area contributed by atoms with Crippen molar-refractivity contribution >= 4 is 0 Å². The molecule has 0 heterocycles.